The molecule has 102 valence electrons. The third-order valence-corrected chi connectivity index (χ3v) is 5.39. The van der Waals surface area contributed by atoms with Gasteiger partial charge in [0.15, 0.2) is 0 Å². The molecule has 1 saturated carbocycles. The molecule has 2 atom stereocenters. The van der Waals surface area contributed by atoms with E-state index in [2.05, 4.69) is 0 Å². The number of carbonyl (C=O) groups is 2. The fraction of sp³-hybridized carbons (Fsp3) is 0.857. The van der Waals surface area contributed by atoms with Gasteiger partial charge in [0.2, 0.25) is 5.91 Å². The van der Waals surface area contributed by atoms with E-state index >= 15 is 0 Å². The molecule has 0 aromatic heterocycles. The summed E-state index contributed by atoms with van der Waals surface area (Å²) >= 11 is 0. The standard InChI is InChI=1S/C14H23NO3/c1-13(2)10(6-7-14(13,3)12(17)18)11(16)15-8-4-5-9-15/h10H,4-9H2,1-3H3,(H,17,18)/p-1/t10-,14-/m1/s1. The molecule has 2 rings (SSSR count). The number of carbonyl (C=O) groups excluding carboxylic acids is 2. The summed E-state index contributed by atoms with van der Waals surface area (Å²) in [4.78, 5) is 25.8. The minimum absolute atomic E-state index is 0.141. The maximum Gasteiger partial charge on any atom is 0.226 e. The number of hydrogen-bond acceptors (Lipinski definition) is 3. The number of nitrogens with zero attached hydrogens (tertiary/aromatic N) is 1. The van der Waals surface area contributed by atoms with E-state index in [9.17, 15) is 14.7 Å². The zero-order valence-electron chi connectivity index (χ0n) is 11.5. The molecule has 0 aromatic carbocycles. The fourth-order valence-corrected chi connectivity index (χ4v) is 3.46. The summed E-state index contributed by atoms with van der Waals surface area (Å²) in [7, 11) is 0. The Morgan fingerprint density at radius 1 is 1.17 bits per heavy atom. The molecule has 0 unspecified atom stereocenters. The molecule has 1 amide bonds. The topological polar surface area (TPSA) is 60.4 Å². The van der Waals surface area contributed by atoms with Crippen LogP contribution < -0.4 is 5.11 Å². The maximum atomic E-state index is 12.5. The zero-order chi connectivity index (χ0) is 13.6. The molecular formula is C14H22NO3-. The predicted octanol–water partition coefficient (Wildman–Crippen LogP) is 0.801. The molecule has 1 aliphatic heterocycles. The van der Waals surface area contributed by atoms with Crippen LogP contribution in [0, 0.1) is 16.7 Å². The Balaban J connectivity index is 2.21. The van der Waals surface area contributed by atoms with Gasteiger partial charge in [0.05, 0.1) is 0 Å². The first-order valence-electron chi connectivity index (χ1n) is 6.81. The van der Waals surface area contributed by atoms with Crippen molar-refractivity contribution >= 4 is 11.9 Å². The second-order valence-corrected chi connectivity index (χ2v) is 6.46. The number of amides is 1. The van der Waals surface area contributed by atoms with Crippen LogP contribution in [0.2, 0.25) is 0 Å². The highest BCUT2D eigenvalue weighted by atomic mass is 16.4. The molecule has 0 radical (unpaired) electrons. The van der Waals surface area contributed by atoms with Crippen LogP contribution in [0.1, 0.15) is 46.5 Å². The van der Waals surface area contributed by atoms with Gasteiger partial charge in [-0.1, -0.05) is 20.8 Å². The summed E-state index contributed by atoms with van der Waals surface area (Å²) in [5.74, 6) is -1.06. The molecular weight excluding hydrogens is 230 g/mol. The number of carboxylic acid groups (broad SMARTS) is 1. The lowest BCUT2D eigenvalue weighted by Gasteiger charge is -2.42. The Morgan fingerprint density at radius 2 is 1.72 bits per heavy atom. The molecule has 1 saturated heterocycles. The smallest absolute Gasteiger partial charge is 0.226 e. The fourth-order valence-electron chi connectivity index (χ4n) is 3.46. The van der Waals surface area contributed by atoms with E-state index in [1.165, 1.54) is 0 Å². The van der Waals surface area contributed by atoms with Crippen molar-refractivity contribution in [2.24, 2.45) is 16.7 Å². The van der Waals surface area contributed by atoms with E-state index in [0.717, 1.165) is 25.9 Å². The Labute approximate surface area is 108 Å². The molecule has 1 heterocycles. The lowest BCUT2D eigenvalue weighted by molar-refractivity contribution is -0.323. The van der Waals surface area contributed by atoms with E-state index in [1.54, 1.807) is 6.92 Å². The van der Waals surface area contributed by atoms with Crippen LogP contribution in [0.4, 0.5) is 0 Å². The van der Waals surface area contributed by atoms with Crippen LogP contribution in [-0.4, -0.2) is 29.9 Å². The Kier molecular flexibility index (Phi) is 3.16. The van der Waals surface area contributed by atoms with Gasteiger partial charge in [0.1, 0.15) is 0 Å². The molecule has 2 fully saturated rings. The van der Waals surface area contributed by atoms with Crippen LogP contribution in [0.5, 0.6) is 0 Å². The average molecular weight is 252 g/mol. The van der Waals surface area contributed by atoms with Gasteiger partial charge in [0.25, 0.3) is 0 Å². The molecule has 1 aliphatic carbocycles. The van der Waals surface area contributed by atoms with E-state index in [1.807, 2.05) is 18.7 Å². The van der Waals surface area contributed by atoms with Gasteiger partial charge in [0, 0.05) is 30.4 Å². The van der Waals surface area contributed by atoms with E-state index in [-0.39, 0.29) is 11.8 Å². The summed E-state index contributed by atoms with van der Waals surface area (Å²) in [6.45, 7) is 7.17. The number of hydrogen-bond donors (Lipinski definition) is 0. The lowest BCUT2D eigenvalue weighted by atomic mass is 9.65. The van der Waals surface area contributed by atoms with Gasteiger partial charge in [-0.2, -0.15) is 0 Å². The number of rotatable bonds is 2. The highest BCUT2D eigenvalue weighted by Crippen LogP contribution is 2.56. The molecule has 4 nitrogen and oxygen atoms in total. The zero-order valence-corrected chi connectivity index (χ0v) is 11.5. The van der Waals surface area contributed by atoms with Crippen molar-refractivity contribution in [2.75, 3.05) is 13.1 Å². The Bertz CT molecular complexity index is 371. The summed E-state index contributed by atoms with van der Waals surface area (Å²) in [5, 5.41) is 11.4. The van der Waals surface area contributed by atoms with Gasteiger partial charge in [-0.3, -0.25) is 4.79 Å². The molecule has 0 bridgehead atoms. The minimum atomic E-state index is -1.02. The quantitative estimate of drug-likeness (QED) is 0.730. The number of aliphatic carboxylic acids is 1. The van der Waals surface area contributed by atoms with Crippen LogP contribution >= 0.6 is 0 Å². The summed E-state index contributed by atoms with van der Waals surface area (Å²) < 4.78 is 0. The maximum absolute atomic E-state index is 12.5. The van der Waals surface area contributed by atoms with Gasteiger partial charge in [-0.25, -0.2) is 0 Å². The summed E-state index contributed by atoms with van der Waals surface area (Å²) in [6.07, 6.45) is 3.33. The third-order valence-electron chi connectivity index (χ3n) is 5.39. The highest BCUT2D eigenvalue weighted by Gasteiger charge is 2.55. The summed E-state index contributed by atoms with van der Waals surface area (Å²) in [6, 6.07) is 0. The van der Waals surface area contributed by atoms with Gasteiger partial charge in [-0.15, -0.1) is 0 Å². The normalized spacial score (nSPS) is 34.8. The molecule has 0 N–H and O–H groups in total. The van der Waals surface area contributed by atoms with Crippen molar-refractivity contribution in [2.45, 2.75) is 46.5 Å². The van der Waals surface area contributed by atoms with Gasteiger partial charge in [-0.05, 0) is 31.1 Å². The number of likely N-dealkylation sites (tertiary alicyclic amines) is 1. The second-order valence-electron chi connectivity index (χ2n) is 6.46. The van der Waals surface area contributed by atoms with E-state index < -0.39 is 16.8 Å². The molecule has 18 heavy (non-hydrogen) atoms. The van der Waals surface area contributed by atoms with Crippen molar-refractivity contribution in [1.82, 2.24) is 4.90 Å². The number of carboxylic acids is 1. The van der Waals surface area contributed by atoms with Gasteiger partial charge >= 0.3 is 0 Å². The van der Waals surface area contributed by atoms with Gasteiger partial charge < -0.3 is 14.8 Å². The monoisotopic (exact) mass is 252 g/mol. The Hall–Kier alpha value is -1.06. The van der Waals surface area contributed by atoms with Crippen molar-refractivity contribution in [3.8, 4) is 0 Å². The van der Waals surface area contributed by atoms with E-state index in [4.69, 9.17) is 0 Å². The third kappa shape index (κ3) is 1.73. The van der Waals surface area contributed by atoms with Crippen LogP contribution in [0.3, 0.4) is 0 Å². The largest absolute Gasteiger partial charge is 0.550 e. The summed E-state index contributed by atoms with van der Waals surface area (Å²) in [5.41, 5.74) is -1.43. The molecule has 0 spiro atoms. The van der Waals surface area contributed by atoms with E-state index in [0.29, 0.717) is 12.8 Å². The highest BCUT2D eigenvalue weighted by molar-refractivity contribution is 5.83. The van der Waals surface area contributed by atoms with Crippen LogP contribution in [0.15, 0.2) is 0 Å². The minimum Gasteiger partial charge on any atom is -0.550 e. The molecule has 4 heteroatoms. The first-order valence-corrected chi connectivity index (χ1v) is 6.81. The van der Waals surface area contributed by atoms with Crippen molar-refractivity contribution < 1.29 is 14.7 Å². The lowest BCUT2D eigenvalue weighted by Crippen LogP contribution is -2.50. The first-order chi connectivity index (χ1) is 8.30. The SMILES string of the molecule is CC1(C)[C@@H](C(=O)N2CCCC2)CC[C@]1(C)C(=O)[O-]. The van der Waals surface area contributed by atoms with Crippen LogP contribution in [-0.2, 0) is 9.59 Å². The predicted molar refractivity (Wildman–Crippen MR) is 65.4 cm³/mol. The first kappa shape index (κ1) is 13.4. The Morgan fingerprint density at radius 3 is 2.17 bits per heavy atom. The average Bonchev–Trinajstić information content (AvgIpc) is 2.87. The van der Waals surface area contributed by atoms with Crippen molar-refractivity contribution in [3.63, 3.8) is 0 Å². The van der Waals surface area contributed by atoms with Crippen LogP contribution in [0.25, 0.3) is 0 Å². The second kappa shape index (κ2) is 4.25. The molecule has 2 aliphatic rings. The van der Waals surface area contributed by atoms with Crippen molar-refractivity contribution in [3.05, 3.63) is 0 Å². The molecule has 0 aromatic rings. The van der Waals surface area contributed by atoms with Crippen molar-refractivity contribution in [1.29, 1.82) is 0 Å².